The van der Waals surface area contributed by atoms with Crippen LogP contribution in [0.4, 0.5) is 0 Å². The highest BCUT2D eigenvalue weighted by Crippen LogP contribution is 2.47. The Balaban J connectivity index is 1.74. The predicted molar refractivity (Wildman–Crippen MR) is 82.3 cm³/mol. The molecular weight excluding hydrogens is 264 g/mol. The molecule has 1 heterocycles. The Hall–Kier alpha value is -0.410. The Morgan fingerprint density at radius 2 is 2.00 bits per heavy atom. The first-order valence-electron chi connectivity index (χ1n) is 8.91. The highest BCUT2D eigenvalue weighted by atomic mass is 16.5. The molecule has 1 saturated heterocycles. The van der Waals surface area contributed by atoms with Crippen molar-refractivity contribution >= 4 is 5.78 Å². The zero-order chi connectivity index (χ0) is 14.9. The van der Waals surface area contributed by atoms with Crippen LogP contribution in [-0.4, -0.2) is 30.2 Å². The third-order valence-electron chi connectivity index (χ3n) is 5.95. The summed E-state index contributed by atoms with van der Waals surface area (Å²) in [5, 5.41) is 0. The highest BCUT2D eigenvalue weighted by molar-refractivity contribution is 5.89. The number of Topliss-reactive ketones (excluding diaryl/α,β-unsaturated/α-hetero) is 1. The van der Waals surface area contributed by atoms with Crippen LogP contribution >= 0.6 is 0 Å². The first kappa shape index (κ1) is 15.5. The number of ether oxygens (including phenoxy) is 2. The van der Waals surface area contributed by atoms with E-state index in [4.69, 9.17) is 9.47 Å². The van der Waals surface area contributed by atoms with Crippen LogP contribution in [0.15, 0.2) is 0 Å². The second-order valence-electron chi connectivity index (χ2n) is 7.57. The molecule has 3 fully saturated rings. The molecule has 0 aromatic rings. The Kier molecular flexibility index (Phi) is 4.42. The number of hydrogen-bond donors (Lipinski definition) is 0. The van der Waals surface area contributed by atoms with Crippen LogP contribution in [0.25, 0.3) is 0 Å². The van der Waals surface area contributed by atoms with Gasteiger partial charge in [0.05, 0.1) is 5.60 Å². The summed E-state index contributed by atoms with van der Waals surface area (Å²) in [4.78, 5) is 13.3. The lowest BCUT2D eigenvalue weighted by Gasteiger charge is -2.49. The number of carbonyl (C=O) groups is 1. The highest BCUT2D eigenvalue weighted by Gasteiger charge is 2.50. The maximum absolute atomic E-state index is 13.3. The van der Waals surface area contributed by atoms with Gasteiger partial charge in [0.15, 0.2) is 5.78 Å². The predicted octanol–water partition coefficient (Wildman–Crippen LogP) is 3.89. The zero-order valence-electron chi connectivity index (χ0n) is 13.7. The van der Waals surface area contributed by atoms with Crippen molar-refractivity contribution in [3.05, 3.63) is 0 Å². The van der Waals surface area contributed by atoms with Crippen LogP contribution in [0, 0.1) is 11.8 Å². The van der Waals surface area contributed by atoms with Gasteiger partial charge in [0.2, 0.25) is 0 Å². The maximum Gasteiger partial charge on any atom is 0.167 e. The lowest BCUT2D eigenvalue weighted by Crippen LogP contribution is -2.53. The van der Waals surface area contributed by atoms with E-state index < -0.39 is 5.60 Å². The molecule has 3 heteroatoms. The normalized spacial score (nSPS) is 39.0. The van der Waals surface area contributed by atoms with Crippen molar-refractivity contribution in [3.8, 4) is 0 Å². The lowest BCUT2D eigenvalue weighted by molar-refractivity contribution is -0.175. The molecule has 1 aliphatic heterocycles. The summed E-state index contributed by atoms with van der Waals surface area (Å²) in [5.41, 5.74) is -0.439. The Morgan fingerprint density at radius 3 is 2.62 bits per heavy atom. The standard InChI is InChI=1S/C18H30O3/c1-3-20-18(10-4-6-14(2)12-18)16(19)15-7-11-21-17(13-15)8-5-9-17/h14-15H,3-13H2,1-2H3. The molecule has 3 atom stereocenters. The van der Waals surface area contributed by atoms with Gasteiger partial charge in [0, 0.05) is 19.1 Å². The third kappa shape index (κ3) is 2.92. The van der Waals surface area contributed by atoms with E-state index in [9.17, 15) is 4.79 Å². The molecule has 3 unspecified atom stereocenters. The smallest absolute Gasteiger partial charge is 0.167 e. The van der Waals surface area contributed by atoms with Crippen molar-refractivity contribution in [2.45, 2.75) is 82.8 Å². The van der Waals surface area contributed by atoms with Crippen molar-refractivity contribution in [1.29, 1.82) is 0 Å². The molecule has 3 aliphatic rings. The molecule has 3 nitrogen and oxygen atoms in total. The van der Waals surface area contributed by atoms with Crippen LogP contribution in [0.2, 0.25) is 0 Å². The minimum Gasteiger partial charge on any atom is -0.375 e. The molecule has 21 heavy (non-hydrogen) atoms. The van der Waals surface area contributed by atoms with Crippen LogP contribution < -0.4 is 0 Å². The van der Waals surface area contributed by atoms with Crippen LogP contribution in [0.5, 0.6) is 0 Å². The second-order valence-corrected chi connectivity index (χ2v) is 7.57. The Bertz CT molecular complexity index is 384. The number of ketones is 1. The van der Waals surface area contributed by atoms with E-state index in [2.05, 4.69) is 6.92 Å². The Labute approximate surface area is 128 Å². The lowest BCUT2D eigenvalue weighted by atomic mass is 9.66. The quantitative estimate of drug-likeness (QED) is 0.789. The molecule has 0 aromatic carbocycles. The van der Waals surface area contributed by atoms with Gasteiger partial charge in [0.1, 0.15) is 5.60 Å². The van der Waals surface area contributed by atoms with Gasteiger partial charge in [-0.15, -0.1) is 0 Å². The van der Waals surface area contributed by atoms with E-state index in [0.29, 0.717) is 18.3 Å². The van der Waals surface area contributed by atoms with Crippen LogP contribution in [-0.2, 0) is 14.3 Å². The van der Waals surface area contributed by atoms with Crippen molar-refractivity contribution in [3.63, 3.8) is 0 Å². The molecule has 0 amide bonds. The first-order chi connectivity index (χ1) is 10.1. The summed E-state index contributed by atoms with van der Waals surface area (Å²) < 4.78 is 12.1. The molecular formula is C18H30O3. The minimum atomic E-state index is -0.487. The third-order valence-corrected chi connectivity index (χ3v) is 5.95. The Morgan fingerprint density at radius 1 is 1.19 bits per heavy atom. The topological polar surface area (TPSA) is 35.5 Å². The van der Waals surface area contributed by atoms with Crippen molar-refractivity contribution in [2.75, 3.05) is 13.2 Å². The molecule has 0 radical (unpaired) electrons. The summed E-state index contributed by atoms with van der Waals surface area (Å²) in [6.07, 6.45) is 9.59. The van der Waals surface area contributed by atoms with E-state index in [1.54, 1.807) is 0 Å². The zero-order valence-corrected chi connectivity index (χ0v) is 13.7. The maximum atomic E-state index is 13.3. The molecule has 0 aromatic heterocycles. The van der Waals surface area contributed by atoms with Gasteiger partial charge in [-0.3, -0.25) is 4.79 Å². The fourth-order valence-corrected chi connectivity index (χ4v) is 4.75. The van der Waals surface area contributed by atoms with Crippen molar-refractivity contribution in [1.82, 2.24) is 0 Å². The minimum absolute atomic E-state index is 0.0479. The summed E-state index contributed by atoms with van der Waals surface area (Å²) in [7, 11) is 0. The number of hydrogen-bond acceptors (Lipinski definition) is 3. The van der Waals surface area contributed by atoms with E-state index in [-0.39, 0.29) is 11.5 Å². The molecule has 3 rings (SSSR count). The van der Waals surface area contributed by atoms with Crippen LogP contribution in [0.1, 0.15) is 71.6 Å². The fraction of sp³-hybridized carbons (Fsp3) is 0.944. The summed E-state index contributed by atoms with van der Waals surface area (Å²) in [5.74, 6) is 1.16. The van der Waals surface area contributed by atoms with Gasteiger partial charge in [-0.1, -0.05) is 13.3 Å². The van der Waals surface area contributed by atoms with Gasteiger partial charge in [0.25, 0.3) is 0 Å². The van der Waals surface area contributed by atoms with Gasteiger partial charge < -0.3 is 9.47 Å². The van der Waals surface area contributed by atoms with Crippen molar-refractivity contribution < 1.29 is 14.3 Å². The number of carbonyl (C=O) groups excluding carboxylic acids is 1. The second kappa shape index (κ2) is 6.00. The first-order valence-corrected chi connectivity index (χ1v) is 8.91. The largest absolute Gasteiger partial charge is 0.375 e. The average molecular weight is 294 g/mol. The number of rotatable bonds is 4. The van der Waals surface area contributed by atoms with E-state index in [1.165, 1.54) is 12.8 Å². The SMILES string of the molecule is CCOC1(C(=O)C2CCOC3(CCC3)C2)CCCC(C)C1. The summed E-state index contributed by atoms with van der Waals surface area (Å²) >= 11 is 0. The molecule has 0 bridgehead atoms. The van der Waals surface area contributed by atoms with Crippen molar-refractivity contribution in [2.24, 2.45) is 11.8 Å². The summed E-state index contributed by atoms with van der Waals surface area (Å²) in [6, 6.07) is 0. The molecule has 120 valence electrons. The van der Waals surface area contributed by atoms with Gasteiger partial charge in [-0.25, -0.2) is 0 Å². The molecule has 1 spiro atoms. The molecule has 2 aliphatic carbocycles. The fourth-order valence-electron chi connectivity index (χ4n) is 4.75. The van der Waals surface area contributed by atoms with E-state index >= 15 is 0 Å². The van der Waals surface area contributed by atoms with Gasteiger partial charge >= 0.3 is 0 Å². The summed E-state index contributed by atoms with van der Waals surface area (Å²) in [6.45, 7) is 5.68. The van der Waals surface area contributed by atoms with E-state index in [1.807, 2.05) is 6.92 Å². The van der Waals surface area contributed by atoms with Gasteiger partial charge in [-0.05, 0) is 64.2 Å². The van der Waals surface area contributed by atoms with Crippen LogP contribution in [0.3, 0.4) is 0 Å². The van der Waals surface area contributed by atoms with E-state index in [0.717, 1.165) is 51.6 Å². The monoisotopic (exact) mass is 294 g/mol. The molecule has 0 N–H and O–H groups in total. The van der Waals surface area contributed by atoms with Gasteiger partial charge in [-0.2, -0.15) is 0 Å². The molecule has 2 saturated carbocycles. The average Bonchev–Trinajstić information content (AvgIpc) is 2.45.